The summed E-state index contributed by atoms with van der Waals surface area (Å²) in [6, 6.07) is 3.82. The highest BCUT2D eigenvalue weighted by Crippen LogP contribution is 2.28. The number of aryl methyl sites for hydroxylation is 1. The first kappa shape index (κ1) is 10.5. The molecule has 0 aromatic heterocycles. The highest BCUT2D eigenvalue weighted by atomic mass is 79.9. The third-order valence-corrected chi connectivity index (χ3v) is 2.48. The lowest BCUT2D eigenvalue weighted by Crippen LogP contribution is -1.96. The fourth-order valence-electron chi connectivity index (χ4n) is 1.13. The van der Waals surface area contributed by atoms with Crippen LogP contribution in [0.25, 0.3) is 0 Å². The van der Waals surface area contributed by atoms with Crippen LogP contribution in [0.15, 0.2) is 16.6 Å². The fourth-order valence-corrected chi connectivity index (χ4v) is 1.70. The normalized spacial score (nSPS) is 10.2. The van der Waals surface area contributed by atoms with Crippen LogP contribution < -0.4 is 4.74 Å². The Labute approximate surface area is 86.7 Å². The molecule has 0 amide bonds. The summed E-state index contributed by atoms with van der Waals surface area (Å²) in [5.41, 5.74) is 1.98. The van der Waals surface area contributed by atoms with E-state index in [0.717, 1.165) is 21.3 Å². The number of hydrogen-bond acceptors (Lipinski definition) is 2. The van der Waals surface area contributed by atoms with Gasteiger partial charge in [0.15, 0.2) is 0 Å². The number of rotatable bonds is 3. The third kappa shape index (κ3) is 2.45. The second kappa shape index (κ2) is 4.63. The van der Waals surface area contributed by atoms with E-state index in [1.165, 1.54) is 0 Å². The molecule has 0 bridgehead atoms. The molecule has 0 saturated carbocycles. The Morgan fingerprint density at radius 3 is 2.69 bits per heavy atom. The molecule has 0 unspecified atom stereocenters. The van der Waals surface area contributed by atoms with Crippen LogP contribution in [0.4, 0.5) is 0 Å². The van der Waals surface area contributed by atoms with Gasteiger partial charge in [0.2, 0.25) is 0 Å². The van der Waals surface area contributed by atoms with Gasteiger partial charge in [-0.2, -0.15) is 0 Å². The van der Waals surface area contributed by atoms with Gasteiger partial charge in [-0.3, -0.25) is 0 Å². The number of halogens is 1. The minimum Gasteiger partial charge on any atom is -0.493 e. The molecule has 3 heteroatoms. The number of aliphatic hydroxyl groups is 1. The van der Waals surface area contributed by atoms with Crippen LogP contribution in [-0.2, 0) is 6.61 Å². The molecule has 0 aliphatic carbocycles. The molecule has 1 aromatic carbocycles. The molecule has 72 valence electrons. The van der Waals surface area contributed by atoms with E-state index < -0.39 is 0 Å². The third-order valence-electron chi connectivity index (χ3n) is 1.86. The minimum absolute atomic E-state index is 0.0547. The Morgan fingerprint density at radius 2 is 2.15 bits per heavy atom. The van der Waals surface area contributed by atoms with E-state index >= 15 is 0 Å². The van der Waals surface area contributed by atoms with Gasteiger partial charge in [0, 0.05) is 0 Å². The second-order valence-electron chi connectivity index (χ2n) is 2.80. The van der Waals surface area contributed by atoms with Crippen molar-refractivity contribution >= 4 is 15.9 Å². The van der Waals surface area contributed by atoms with E-state index in [0.29, 0.717) is 6.61 Å². The molecule has 0 spiro atoms. The lowest BCUT2D eigenvalue weighted by Gasteiger charge is -2.09. The molecule has 0 saturated heterocycles. The van der Waals surface area contributed by atoms with Gasteiger partial charge in [0.1, 0.15) is 5.75 Å². The van der Waals surface area contributed by atoms with Gasteiger partial charge in [-0.25, -0.2) is 0 Å². The zero-order valence-corrected chi connectivity index (χ0v) is 9.39. The highest BCUT2D eigenvalue weighted by Gasteiger charge is 2.05. The Balaban J connectivity index is 3.06. The number of benzene rings is 1. The van der Waals surface area contributed by atoms with Crippen molar-refractivity contribution < 1.29 is 9.84 Å². The largest absolute Gasteiger partial charge is 0.493 e. The molecule has 0 aliphatic heterocycles. The van der Waals surface area contributed by atoms with Crippen molar-refractivity contribution in [1.82, 2.24) is 0 Å². The maximum Gasteiger partial charge on any atom is 0.133 e. The number of aliphatic hydroxyl groups excluding tert-OH is 1. The number of hydrogen-bond donors (Lipinski definition) is 1. The van der Waals surface area contributed by atoms with Gasteiger partial charge in [-0.1, -0.05) is 0 Å². The van der Waals surface area contributed by atoms with E-state index in [2.05, 4.69) is 15.9 Å². The van der Waals surface area contributed by atoms with Crippen molar-refractivity contribution in [2.24, 2.45) is 0 Å². The first-order chi connectivity index (χ1) is 6.19. The molecule has 0 radical (unpaired) electrons. The summed E-state index contributed by atoms with van der Waals surface area (Å²) >= 11 is 3.40. The smallest absolute Gasteiger partial charge is 0.133 e. The lowest BCUT2D eigenvalue weighted by atomic mass is 10.1. The van der Waals surface area contributed by atoms with E-state index in [1.54, 1.807) is 0 Å². The van der Waals surface area contributed by atoms with Crippen LogP contribution in [0.2, 0.25) is 0 Å². The van der Waals surface area contributed by atoms with Gasteiger partial charge in [0.05, 0.1) is 17.7 Å². The molecule has 1 rings (SSSR count). The van der Waals surface area contributed by atoms with Gasteiger partial charge >= 0.3 is 0 Å². The molecule has 0 heterocycles. The first-order valence-electron chi connectivity index (χ1n) is 4.21. The Kier molecular flexibility index (Phi) is 3.75. The van der Waals surface area contributed by atoms with E-state index in [-0.39, 0.29) is 6.61 Å². The Morgan fingerprint density at radius 1 is 1.46 bits per heavy atom. The maximum atomic E-state index is 9.03. The Bertz CT molecular complexity index is 297. The predicted octanol–water partition coefficient (Wildman–Crippen LogP) is 2.65. The maximum absolute atomic E-state index is 9.03. The summed E-state index contributed by atoms with van der Waals surface area (Å²) in [5.74, 6) is 0.789. The van der Waals surface area contributed by atoms with Gasteiger partial charge in [-0.05, 0) is 53.0 Å². The summed E-state index contributed by atoms with van der Waals surface area (Å²) < 4.78 is 6.31. The lowest BCUT2D eigenvalue weighted by molar-refractivity contribution is 0.279. The number of ether oxygens (including phenoxy) is 1. The molecular formula is C10H13BrO2. The van der Waals surface area contributed by atoms with Crippen molar-refractivity contribution in [3.63, 3.8) is 0 Å². The summed E-state index contributed by atoms with van der Waals surface area (Å²) in [7, 11) is 0. The highest BCUT2D eigenvalue weighted by molar-refractivity contribution is 9.10. The van der Waals surface area contributed by atoms with Crippen LogP contribution >= 0.6 is 15.9 Å². The van der Waals surface area contributed by atoms with Gasteiger partial charge in [-0.15, -0.1) is 0 Å². The quantitative estimate of drug-likeness (QED) is 0.886. The molecule has 2 nitrogen and oxygen atoms in total. The predicted molar refractivity (Wildman–Crippen MR) is 56.0 cm³/mol. The van der Waals surface area contributed by atoms with E-state index in [4.69, 9.17) is 9.84 Å². The molecule has 1 aromatic rings. The zero-order valence-electron chi connectivity index (χ0n) is 7.80. The summed E-state index contributed by atoms with van der Waals surface area (Å²) in [6.45, 7) is 4.59. The average Bonchev–Trinajstić information content (AvgIpc) is 2.10. The summed E-state index contributed by atoms with van der Waals surface area (Å²) in [4.78, 5) is 0. The fraction of sp³-hybridized carbons (Fsp3) is 0.400. The molecular weight excluding hydrogens is 232 g/mol. The SMILES string of the molecule is CCOc1cc(CO)c(C)cc1Br. The van der Waals surface area contributed by atoms with Crippen molar-refractivity contribution in [2.75, 3.05) is 6.61 Å². The van der Waals surface area contributed by atoms with Crippen molar-refractivity contribution in [3.05, 3.63) is 27.7 Å². The monoisotopic (exact) mass is 244 g/mol. The Hall–Kier alpha value is -0.540. The van der Waals surface area contributed by atoms with Crippen molar-refractivity contribution in [3.8, 4) is 5.75 Å². The first-order valence-corrected chi connectivity index (χ1v) is 5.01. The molecule has 0 aliphatic rings. The van der Waals surface area contributed by atoms with E-state index in [1.807, 2.05) is 26.0 Å². The molecule has 1 N–H and O–H groups in total. The second-order valence-corrected chi connectivity index (χ2v) is 3.65. The van der Waals surface area contributed by atoms with Crippen LogP contribution in [0.1, 0.15) is 18.1 Å². The molecule has 13 heavy (non-hydrogen) atoms. The van der Waals surface area contributed by atoms with E-state index in [9.17, 15) is 0 Å². The topological polar surface area (TPSA) is 29.5 Å². The van der Waals surface area contributed by atoms with Crippen LogP contribution in [0, 0.1) is 6.92 Å². The average molecular weight is 245 g/mol. The standard InChI is InChI=1S/C10H13BrO2/c1-3-13-10-5-8(6-12)7(2)4-9(10)11/h4-5,12H,3,6H2,1-2H3. The summed E-state index contributed by atoms with van der Waals surface area (Å²) in [5, 5.41) is 9.03. The zero-order chi connectivity index (χ0) is 9.84. The summed E-state index contributed by atoms with van der Waals surface area (Å²) in [6.07, 6.45) is 0. The van der Waals surface area contributed by atoms with Gasteiger partial charge in [0.25, 0.3) is 0 Å². The van der Waals surface area contributed by atoms with Crippen molar-refractivity contribution in [2.45, 2.75) is 20.5 Å². The molecule has 0 fully saturated rings. The van der Waals surface area contributed by atoms with Crippen LogP contribution in [-0.4, -0.2) is 11.7 Å². The minimum atomic E-state index is 0.0547. The molecule has 0 atom stereocenters. The van der Waals surface area contributed by atoms with Crippen molar-refractivity contribution in [1.29, 1.82) is 0 Å². The van der Waals surface area contributed by atoms with Crippen LogP contribution in [0.3, 0.4) is 0 Å². The van der Waals surface area contributed by atoms with Crippen LogP contribution in [0.5, 0.6) is 5.75 Å². The van der Waals surface area contributed by atoms with Gasteiger partial charge < -0.3 is 9.84 Å².